The zero-order valence-electron chi connectivity index (χ0n) is 24.4. The van der Waals surface area contributed by atoms with Crippen molar-refractivity contribution < 1.29 is 9.18 Å². The molecule has 1 atom stereocenters. The molecular weight excluding hydrogens is 624 g/mol. The lowest BCUT2D eigenvalue weighted by Gasteiger charge is -2.43. The van der Waals surface area contributed by atoms with Crippen LogP contribution in [0.1, 0.15) is 57.1 Å². The van der Waals surface area contributed by atoms with E-state index in [9.17, 15) is 9.18 Å². The van der Waals surface area contributed by atoms with Crippen LogP contribution in [0, 0.1) is 11.2 Å². The van der Waals surface area contributed by atoms with Gasteiger partial charge in [-0.25, -0.2) is 4.39 Å². The molecular formula is C37H30Cl2FN3OS. The maximum atomic E-state index is 13.9. The van der Waals surface area contributed by atoms with Crippen LogP contribution in [0.3, 0.4) is 0 Å². The predicted octanol–water partition coefficient (Wildman–Crippen LogP) is 9.17. The van der Waals surface area contributed by atoms with Crippen LogP contribution in [-0.2, 0) is 12.8 Å². The Morgan fingerprint density at radius 1 is 0.911 bits per heavy atom. The fourth-order valence-electron chi connectivity index (χ4n) is 7.61. The number of hydrogen-bond donors (Lipinski definition) is 2. The van der Waals surface area contributed by atoms with E-state index >= 15 is 0 Å². The van der Waals surface area contributed by atoms with Crippen molar-refractivity contribution in [3.05, 3.63) is 134 Å². The minimum absolute atomic E-state index is 0.0536. The monoisotopic (exact) mass is 653 g/mol. The molecule has 3 N–H and O–H groups in total. The highest BCUT2D eigenvalue weighted by atomic mass is 35.5. The van der Waals surface area contributed by atoms with Gasteiger partial charge in [-0.2, -0.15) is 0 Å². The summed E-state index contributed by atoms with van der Waals surface area (Å²) in [4.78, 5) is 17.4. The van der Waals surface area contributed by atoms with Gasteiger partial charge in [0.25, 0.3) is 5.91 Å². The molecule has 1 aliphatic heterocycles. The van der Waals surface area contributed by atoms with E-state index in [-0.39, 0.29) is 22.0 Å². The molecule has 226 valence electrons. The zero-order chi connectivity index (χ0) is 30.9. The highest BCUT2D eigenvalue weighted by Gasteiger charge is 2.46. The smallest absolute Gasteiger partial charge is 0.257 e. The quantitative estimate of drug-likeness (QED) is 0.225. The van der Waals surface area contributed by atoms with Gasteiger partial charge in [0.05, 0.1) is 21.3 Å². The number of hydrogen-bond acceptors (Lipinski definition) is 4. The highest BCUT2D eigenvalue weighted by Crippen LogP contribution is 2.53. The van der Waals surface area contributed by atoms with E-state index in [2.05, 4.69) is 58.8 Å². The Morgan fingerprint density at radius 2 is 1.71 bits per heavy atom. The first-order valence-electron chi connectivity index (χ1n) is 15.2. The lowest BCUT2D eigenvalue weighted by molar-refractivity contribution is 0.102. The van der Waals surface area contributed by atoms with Crippen LogP contribution in [0.2, 0.25) is 10.0 Å². The number of carbonyl (C=O) groups is 1. The standard InChI is InChI=1S/C37H30Cl2FN3OS/c38-33-26(7-3-8-27(33)40)36(44)42-28-9-4-10-31(34(28)39)45-30-14-11-21-19-29(24-12-13-25(30)32(21)24)43-17-15-37(16-18-43)20-22-5-1-2-6-23(22)35(37)41/h1-14,35H,15-20,41H2,(H,42,44). The number of anilines is 1. The molecule has 8 heteroatoms. The molecule has 0 bridgehead atoms. The molecule has 4 aromatic carbocycles. The third-order valence-electron chi connectivity index (χ3n) is 10.0. The van der Waals surface area contributed by atoms with Crippen LogP contribution < -0.4 is 11.1 Å². The number of nitrogens with two attached hydrogens (primary N) is 1. The minimum Gasteiger partial charge on any atom is -0.374 e. The van der Waals surface area contributed by atoms with E-state index in [1.807, 2.05) is 12.1 Å². The first-order valence-corrected chi connectivity index (χ1v) is 16.8. The van der Waals surface area contributed by atoms with Crippen LogP contribution in [-0.4, -0.2) is 23.9 Å². The fraction of sp³-hybridized carbons (Fsp3) is 0.216. The normalized spacial score (nSPS) is 18.9. The molecule has 4 nitrogen and oxygen atoms in total. The molecule has 1 spiro atoms. The van der Waals surface area contributed by atoms with Gasteiger partial charge in [-0.3, -0.25) is 4.79 Å². The summed E-state index contributed by atoms with van der Waals surface area (Å²) < 4.78 is 13.9. The number of benzene rings is 4. The Hall–Kier alpha value is -3.55. The maximum absolute atomic E-state index is 13.9. The van der Waals surface area contributed by atoms with Crippen molar-refractivity contribution in [2.24, 2.45) is 11.1 Å². The second-order valence-electron chi connectivity index (χ2n) is 12.4. The molecule has 1 fully saturated rings. The topological polar surface area (TPSA) is 58.4 Å². The van der Waals surface area contributed by atoms with Gasteiger partial charge in [0.1, 0.15) is 5.82 Å². The molecule has 1 heterocycles. The Kier molecular flexibility index (Phi) is 7.10. The van der Waals surface area contributed by atoms with E-state index in [1.54, 1.807) is 17.8 Å². The summed E-state index contributed by atoms with van der Waals surface area (Å²) in [6.07, 6.45) is 8.71. The summed E-state index contributed by atoms with van der Waals surface area (Å²) in [7, 11) is 0. The van der Waals surface area contributed by atoms with Crippen molar-refractivity contribution in [3.63, 3.8) is 0 Å². The summed E-state index contributed by atoms with van der Waals surface area (Å²) in [5.74, 6) is -1.17. The number of nitrogens with zero attached hydrogens (tertiary/aromatic N) is 1. The molecule has 1 saturated heterocycles. The summed E-state index contributed by atoms with van der Waals surface area (Å²) in [5.41, 5.74) is 16.9. The summed E-state index contributed by atoms with van der Waals surface area (Å²) >= 11 is 14.4. The Morgan fingerprint density at radius 3 is 2.53 bits per heavy atom. The third kappa shape index (κ3) is 4.73. The van der Waals surface area contributed by atoms with Gasteiger partial charge in [-0.15, -0.1) is 0 Å². The third-order valence-corrected chi connectivity index (χ3v) is 12.0. The molecule has 0 radical (unpaired) electrons. The molecule has 1 unspecified atom stereocenters. The summed E-state index contributed by atoms with van der Waals surface area (Å²) in [5, 5.41) is 3.00. The molecule has 4 aliphatic rings. The number of rotatable bonds is 5. The number of amides is 1. The Labute approximate surface area is 276 Å². The average molecular weight is 655 g/mol. The number of piperidine rings is 1. The number of halogens is 3. The van der Waals surface area contributed by atoms with Crippen molar-refractivity contribution in [1.82, 2.24) is 4.90 Å². The fourth-order valence-corrected chi connectivity index (χ4v) is 9.11. The molecule has 1 amide bonds. The summed E-state index contributed by atoms with van der Waals surface area (Å²) in [6, 6.07) is 22.9. The van der Waals surface area contributed by atoms with Gasteiger partial charge in [0.15, 0.2) is 0 Å². The molecule has 4 aromatic rings. The molecule has 0 aromatic heterocycles. The van der Waals surface area contributed by atoms with E-state index in [4.69, 9.17) is 28.9 Å². The van der Waals surface area contributed by atoms with E-state index < -0.39 is 11.7 Å². The van der Waals surface area contributed by atoms with E-state index in [0.29, 0.717) is 10.7 Å². The van der Waals surface area contributed by atoms with Crippen molar-refractivity contribution in [3.8, 4) is 0 Å². The van der Waals surface area contributed by atoms with Gasteiger partial charge in [0.2, 0.25) is 0 Å². The SMILES string of the molecule is NC1c2ccccc2CC12CCN(C1=C3C=Cc4c(Sc5cccc(NC(=O)c6cccc(F)c6Cl)c5Cl)ccc(c43)C1)CC2. The van der Waals surface area contributed by atoms with Crippen LogP contribution in [0.5, 0.6) is 0 Å². The zero-order valence-corrected chi connectivity index (χ0v) is 26.7. The minimum atomic E-state index is -0.646. The van der Waals surface area contributed by atoms with Gasteiger partial charge in [0, 0.05) is 46.6 Å². The van der Waals surface area contributed by atoms with Gasteiger partial charge >= 0.3 is 0 Å². The van der Waals surface area contributed by atoms with Gasteiger partial charge < -0.3 is 16.0 Å². The number of nitrogens with one attached hydrogen (secondary N) is 1. The van der Waals surface area contributed by atoms with E-state index in [0.717, 1.165) is 48.6 Å². The molecule has 3 aliphatic carbocycles. The van der Waals surface area contributed by atoms with Crippen molar-refractivity contribution in [1.29, 1.82) is 0 Å². The lowest BCUT2D eigenvalue weighted by atomic mass is 9.73. The van der Waals surface area contributed by atoms with Crippen LogP contribution in [0.15, 0.2) is 94.4 Å². The average Bonchev–Trinajstić information content (AvgIpc) is 3.73. The Balaban J connectivity index is 1.01. The lowest BCUT2D eigenvalue weighted by Crippen LogP contribution is -2.44. The number of allylic oxidation sites excluding steroid dienone is 3. The van der Waals surface area contributed by atoms with Gasteiger partial charge in [-0.1, -0.05) is 89.6 Å². The number of carbonyl (C=O) groups excluding carboxylic acids is 1. The predicted molar refractivity (Wildman–Crippen MR) is 181 cm³/mol. The van der Waals surface area contributed by atoms with Crippen molar-refractivity contribution >= 4 is 58.2 Å². The van der Waals surface area contributed by atoms with E-state index in [1.165, 1.54) is 57.3 Å². The van der Waals surface area contributed by atoms with Crippen LogP contribution in [0.25, 0.3) is 11.6 Å². The highest BCUT2D eigenvalue weighted by molar-refractivity contribution is 7.99. The molecule has 0 saturated carbocycles. The second kappa shape index (κ2) is 11.1. The maximum Gasteiger partial charge on any atom is 0.257 e. The summed E-state index contributed by atoms with van der Waals surface area (Å²) in [6.45, 7) is 2.04. The second-order valence-corrected chi connectivity index (χ2v) is 14.2. The van der Waals surface area contributed by atoms with Crippen molar-refractivity contribution in [2.75, 3.05) is 18.4 Å². The number of fused-ring (bicyclic) bond motifs is 1. The molecule has 45 heavy (non-hydrogen) atoms. The van der Waals surface area contributed by atoms with Crippen LogP contribution >= 0.6 is 35.0 Å². The van der Waals surface area contributed by atoms with Gasteiger partial charge in [-0.05, 0) is 82.8 Å². The number of likely N-dealkylation sites (tertiary alicyclic amines) is 1. The largest absolute Gasteiger partial charge is 0.374 e. The first kappa shape index (κ1) is 28.9. The van der Waals surface area contributed by atoms with Crippen molar-refractivity contribution in [2.45, 2.75) is 41.5 Å². The Bertz CT molecular complexity index is 1960. The first-order chi connectivity index (χ1) is 21.8. The van der Waals surface area contributed by atoms with Crippen LogP contribution in [0.4, 0.5) is 10.1 Å². The molecule has 8 rings (SSSR count).